The van der Waals surface area contributed by atoms with Crippen LogP contribution in [0, 0.1) is 0 Å². The summed E-state index contributed by atoms with van der Waals surface area (Å²) in [5, 5.41) is 4.94. The number of ether oxygens (including phenoxy) is 1. The smallest absolute Gasteiger partial charge is 0.338 e. The molecule has 1 aliphatic heterocycles. The minimum absolute atomic E-state index is 0.100. The Labute approximate surface area is 215 Å². The number of esters is 1. The second-order valence-electron chi connectivity index (χ2n) is 8.67. The fourth-order valence-corrected chi connectivity index (χ4v) is 5.48. The SMILES string of the molecule is CCN(CC)CCOC(=O)c1ccc(NC(=O)[C@@H]2c3ccccc3C(=O)N(C)[C@H]2c2cccs2)cc1. The Morgan fingerprint density at radius 1 is 1.03 bits per heavy atom. The normalized spacial score (nSPS) is 17.1. The molecule has 0 radical (unpaired) electrons. The van der Waals surface area contributed by atoms with Gasteiger partial charge >= 0.3 is 5.97 Å². The van der Waals surface area contributed by atoms with Crippen LogP contribution in [0.2, 0.25) is 0 Å². The van der Waals surface area contributed by atoms with Gasteiger partial charge in [0.05, 0.1) is 17.5 Å². The Morgan fingerprint density at radius 3 is 2.42 bits per heavy atom. The first-order valence-corrected chi connectivity index (χ1v) is 13.0. The van der Waals surface area contributed by atoms with Crippen molar-refractivity contribution < 1.29 is 19.1 Å². The van der Waals surface area contributed by atoms with Crippen molar-refractivity contribution in [2.75, 3.05) is 38.6 Å². The summed E-state index contributed by atoms with van der Waals surface area (Å²) in [5.74, 6) is -1.28. The number of likely N-dealkylation sites (N-methyl/N-ethyl adjacent to an activating group) is 2. The van der Waals surface area contributed by atoms with Gasteiger partial charge in [0.15, 0.2) is 0 Å². The molecule has 0 unspecified atom stereocenters. The number of carbonyl (C=O) groups excluding carboxylic acids is 3. The summed E-state index contributed by atoms with van der Waals surface area (Å²) in [5.41, 5.74) is 2.25. The number of benzene rings is 2. The van der Waals surface area contributed by atoms with Gasteiger partial charge in [0, 0.05) is 29.7 Å². The number of rotatable bonds is 9. The van der Waals surface area contributed by atoms with Crippen LogP contribution in [0.4, 0.5) is 5.69 Å². The quantitative estimate of drug-likeness (QED) is 0.423. The highest BCUT2D eigenvalue weighted by Gasteiger charge is 2.43. The standard InChI is InChI=1S/C28H31N3O4S/c1-4-31(5-2)16-17-35-28(34)19-12-14-20(15-13-19)29-26(32)24-21-9-6-7-10-22(21)27(33)30(3)25(24)23-11-8-18-36-23/h6-15,18,24-25H,4-5,16-17H2,1-3H3,(H,29,32)/t24-,25+/m1/s1. The second-order valence-corrected chi connectivity index (χ2v) is 9.65. The molecule has 2 heterocycles. The van der Waals surface area contributed by atoms with Crippen LogP contribution in [0.25, 0.3) is 0 Å². The van der Waals surface area contributed by atoms with Gasteiger partial charge in [-0.15, -0.1) is 11.3 Å². The van der Waals surface area contributed by atoms with Crippen LogP contribution in [0.1, 0.15) is 57.0 Å². The maximum Gasteiger partial charge on any atom is 0.338 e. The zero-order valence-electron chi connectivity index (χ0n) is 20.8. The fraction of sp³-hybridized carbons (Fsp3) is 0.321. The maximum absolute atomic E-state index is 13.6. The van der Waals surface area contributed by atoms with Gasteiger partial charge in [-0.25, -0.2) is 4.79 Å². The van der Waals surface area contributed by atoms with Crippen molar-refractivity contribution in [3.8, 4) is 0 Å². The molecule has 1 aliphatic rings. The third kappa shape index (κ3) is 5.34. The average Bonchev–Trinajstić information content (AvgIpc) is 3.43. The van der Waals surface area contributed by atoms with E-state index in [2.05, 4.69) is 24.1 Å². The van der Waals surface area contributed by atoms with Crippen molar-refractivity contribution in [3.63, 3.8) is 0 Å². The van der Waals surface area contributed by atoms with Gasteiger partial charge in [0.25, 0.3) is 5.91 Å². The number of thiophene rings is 1. The highest BCUT2D eigenvalue weighted by atomic mass is 32.1. The molecule has 0 saturated heterocycles. The van der Waals surface area contributed by atoms with Crippen molar-refractivity contribution >= 4 is 34.8 Å². The number of nitrogens with zero attached hydrogens (tertiary/aromatic N) is 2. The third-order valence-corrected chi connectivity index (χ3v) is 7.56. The molecule has 36 heavy (non-hydrogen) atoms. The van der Waals surface area contributed by atoms with E-state index in [0.29, 0.717) is 35.5 Å². The molecular formula is C28H31N3O4S. The van der Waals surface area contributed by atoms with Crippen LogP contribution in [-0.4, -0.2) is 60.9 Å². The van der Waals surface area contributed by atoms with E-state index in [1.54, 1.807) is 42.3 Å². The molecule has 0 saturated carbocycles. The van der Waals surface area contributed by atoms with Gasteiger partial charge in [0.2, 0.25) is 5.91 Å². The van der Waals surface area contributed by atoms with E-state index in [1.165, 1.54) is 11.3 Å². The predicted molar refractivity (Wildman–Crippen MR) is 141 cm³/mol. The first-order valence-electron chi connectivity index (χ1n) is 12.1. The molecule has 0 bridgehead atoms. The number of amides is 2. The largest absolute Gasteiger partial charge is 0.461 e. The van der Waals surface area contributed by atoms with Gasteiger partial charge in [-0.05, 0) is 60.4 Å². The molecule has 0 aliphatic carbocycles. The summed E-state index contributed by atoms with van der Waals surface area (Å²) in [4.78, 5) is 43.9. The molecule has 2 atom stereocenters. The Kier molecular flexibility index (Phi) is 8.18. The molecule has 2 amide bonds. The Bertz CT molecular complexity index is 1210. The highest BCUT2D eigenvalue weighted by molar-refractivity contribution is 7.10. The van der Waals surface area contributed by atoms with E-state index in [0.717, 1.165) is 18.0 Å². The lowest BCUT2D eigenvalue weighted by molar-refractivity contribution is -0.119. The van der Waals surface area contributed by atoms with Gasteiger partial charge in [0.1, 0.15) is 6.61 Å². The van der Waals surface area contributed by atoms with Crippen molar-refractivity contribution in [1.29, 1.82) is 0 Å². The summed E-state index contributed by atoms with van der Waals surface area (Å²) in [6.07, 6.45) is 0. The molecule has 1 N–H and O–H groups in total. The van der Waals surface area contributed by atoms with Crippen LogP contribution < -0.4 is 5.32 Å². The van der Waals surface area contributed by atoms with Crippen LogP contribution >= 0.6 is 11.3 Å². The molecule has 0 fully saturated rings. The number of carbonyl (C=O) groups is 3. The first-order chi connectivity index (χ1) is 17.4. The summed E-state index contributed by atoms with van der Waals surface area (Å²) < 4.78 is 5.39. The average molecular weight is 506 g/mol. The van der Waals surface area contributed by atoms with Crippen LogP contribution in [0.15, 0.2) is 66.0 Å². The van der Waals surface area contributed by atoms with Crippen molar-refractivity contribution in [1.82, 2.24) is 9.80 Å². The zero-order valence-corrected chi connectivity index (χ0v) is 21.6. The van der Waals surface area contributed by atoms with Crippen molar-refractivity contribution in [2.24, 2.45) is 0 Å². The van der Waals surface area contributed by atoms with Gasteiger partial charge in [-0.1, -0.05) is 38.1 Å². The fourth-order valence-electron chi connectivity index (χ4n) is 4.57. The van der Waals surface area contributed by atoms with Gasteiger partial charge < -0.3 is 19.9 Å². The lowest BCUT2D eigenvalue weighted by atomic mass is 9.81. The van der Waals surface area contributed by atoms with Crippen LogP contribution in [-0.2, 0) is 9.53 Å². The maximum atomic E-state index is 13.6. The summed E-state index contributed by atoms with van der Waals surface area (Å²) in [6.45, 7) is 6.98. The van der Waals surface area contributed by atoms with E-state index in [1.807, 2.05) is 35.7 Å². The Hall–Kier alpha value is -3.49. The molecule has 0 spiro atoms. The minimum atomic E-state index is -0.577. The molecule has 4 rings (SSSR count). The van der Waals surface area contributed by atoms with Crippen molar-refractivity contribution in [3.05, 3.63) is 87.6 Å². The number of anilines is 1. The first kappa shape index (κ1) is 25.6. The van der Waals surface area contributed by atoms with Crippen molar-refractivity contribution in [2.45, 2.75) is 25.8 Å². The zero-order chi connectivity index (χ0) is 25.7. The molecule has 7 nitrogen and oxygen atoms in total. The monoisotopic (exact) mass is 505 g/mol. The Balaban J connectivity index is 1.50. The molecule has 3 aromatic rings. The summed E-state index contributed by atoms with van der Waals surface area (Å²) >= 11 is 1.53. The van der Waals surface area contributed by atoms with E-state index in [4.69, 9.17) is 4.74 Å². The van der Waals surface area contributed by atoms with Gasteiger partial charge in [-0.2, -0.15) is 0 Å². The van der Waals surface area contributed by atoms with E-state index in [-0.39, 0.29) is 17.8 Å². The second kappa shape index (κ2) is 11.5. The summed E-state index contributed by atoms with van der Waals surface area (Å²) in [7, 11) is 1.74. The van der Waals surface area contributed by atoms with E-state index in [9.17, 15) is 14.4 Å². The topological polar surface area (TPSA) is 79.0 Å². The van der Waals surface area contributed by atoms with E-state index < -0.39 is 12.0 Å². The third-order valence-electron chi connectivity index (χ3n) is 6.62. The number of hydrogen-bond donors (Lipinski definition) is 1. The number of fused-ring (bicyclic) bond motifs is 1. The number of nitrogens with one attached hydrogen (secondary N) is 1. The Morgan fingerprint density at radius 2 is 1.75 bits per heavy atom. The van der Waals surface area contributed by atoms with Crippen LogP contribution in [0.5, 0.6) is 0 Å². The molecule has 8 heteroatoms. The lowest BCUT2D eigenvalue weighted by Crippen LogP contribution is -2.43. The lowest BCUT2D eigenvalue weighted by Gasteiger charge is -2.39. The van der Waals surface area contributed by atoms with E-state index >= 15 is 0 Å². The molecule has 2 aromatic carbocycles. The molecule has 188 valence electrons. The van der Waals surface area contributed by atoms with Gasteiger partial charge in [-0.3, -0.25) is 9.59 Å². The minimum Gasteiger partial charge on any atom is -0.461 e. The number of hydrogen-bond acceptors (Lipinski definition) is 6. The van der Waals surface area contributed by atoms with Crippen LogP contribution in [0.3, 0.4) is 0 Å². The molecular weight excluding hydrogens is 474 g/mol. The predicted octanol–water partition coefficient (Wildman–Crippen LogP) is 4.80. The molecule has 1 aromatic heterocycles. The highest BCUT2D eigenvalue weighted by Crippen LogP contribution is 2.43. The summed E-state index contributed by atoms with van der Waals surface area (Å²) in [6, 6.07) is 17.4.